The molecule has 82 valence electrons. The summed E-state index contributed by atoms with van der Waals surface area (Å²) in [5.41, 5.74) is 0.843. The van der Waals surface area contributed by atoms with Crippen molar-refractivity contribution in [2.45, 2.75) is 39.0 Å². The predicted molar refractivity (Wildman–Crippen MR) is 60.4 cm³/mol. The minimum Gasteiger partial charge on any atom is -0.370 e. The van der Waals surface area contributed by atoms with E-state index in [9.17, 15) is 4.79 Å². The van der Waals surface area contributed by atoms with E-state index in [0.29, 0.717) is 5.92 Å². The average Bonchev–Trinajstić information content (AvgIpc) is 2.28. The molecule has 0 aromatic carbocycles. The molecule has 2 rings (SSSR count). The van der Waals surface area contributed by atoms with Gasteiger partial charge in [0.15, 0.2) is 0 Å². The molecule has 1 aromatic heterocycles. The van der Waals surface area contributed by atoms with E-state index in [4.69, 9.17) is 0 Å². The fraction of sp³-hybridized carbons (Fsp3) is 0.636. The first-order chi connectivity index (χ1) is 7.22. The lowest BCUT2D eigenvalue weighted by Crippen LogP contribution is -2.25. The number of H-pyrrole nitrogens is 1. The van der Waals surface area contributed by atoms with Crippen LogP contribution in [0.4, 0.5) is 5.82 Å². The molecule has 1 aliphatic heterocycles. The summed E-state index contributed by atoms with van der Waals surface area (Å²) in [6.45, 7) is 5.09. The Morgan fingerprint density at radius 3 is 3.07 bits per heavy atom. The van der Waals surface area contributed by atoms with Crippen molar-refractivity contribution in [2.75, 3.05) is 11.9 Å². The van der Waals surface area contributed by atoms with Crippen molar-refractivity contribution >= 4 is 5.82 Å². The number of hydrogen-bond acceptors (Lipinski definition) is 3. The van der Waals surface area contributed by atoms with E-state index in [0.717, 1.165) is 43.0 Å². The lowest BCUT2D eigenvalue weighted by Gasteiger charge is -2.18. The SMILES string of the molecule is CCC(C)c1nc2c(c(=O)[nH]1)CCCN2. The fourth-order valence-corrected chi connectivity index (χ4v) is 1.79. The lowest BCUT2D eigenvalue weighted by atomic mass is 10.1. The molecule has 1 aromatic rings. The average molecular weight is 207 g/mol. The first kappa shape index (κ1) is 10.2. The maximum atomic E-state index is 11.8. The van der Waals surface area contributed by atoms with Crippen molar-refractivity contribution in [1.82, 2.24) is 9.97 Å². The standard InChI is InChI=1S/C11H17N3O/c1-3-7(2)9-13-10-8(11(15)14-9)5-4-6-12-10/h7H,3-6H2,1-2H3,(H2,12,13,14,15). The summed E-state index contributed by atoms with van der Waals surface area (Å²) in [5, 5.41) is 3.19. The Balaban J connectivity index is 2.45. The van der Waals surface area contributed by atoms with Crippen LogP contribution in [0.25, 0.3) is 0 Å². The summed E-state index contributed by atoms with van der Waals surface area (Å²) in [5.74, 6) is 1.91. The minimum atomic E-state index is 0.0301. The Bertz CT molecular complexity index is 411. The van der Waals surface area contributed by atoms with E-state index in [1.165, 1.54) is 0 Å². The van der Waals surface area contributed by atoms with Gasteiger partial charge in [0, 0.05) is 12.5 Å². The van der Waals surface area contributed by atoms with Gasteiger partial charge in [0.05, 0.1) is 5.56 Å². The van der Waals surface area contributed by atoms with Gasteiger partial charge in [-0.2, -0.15) is 0 Å². The van der Waals surface area contributed by atoms with Gasteiger partial charge in [0.2, 0.25) is 0 Å². The number of rotatable bonds is 2. The molecule has 1 aliphatic rings. The first-order valence-electron chi connectivity index (χ1n) is 5.59. The van der Waals surface area contributed by atoms with Crippen molar-refractivity contribution < 1.29 is 0 Å². The third-order valence-corrected chi connectivity index (χ3v) is 3.01. The van der Waals surface area contributed by atoms with Crippen molar-refractivity contribution in [1.29, 1.82) is 0 Å². The Morgan fingerprint density at radius 2 is 2.33 bits per heavy atom. The van der Waals surface area contributed by atoms with E-state index in [1.54, 1.807) is 0 Å². The van der Waals surface area contributed by atoms with Gasteiger partial charge in [-0.15, -0.1) is 0 Å². The Labute approximate surface area is 89.1 Å². The predicted octanol–water partition coefficient (Wildman–Crippen LogP) is 1.64. The number of hydrogen-bond donors (Lipinski definition) is 2. The normalized spacial score (nSPS) is 16.7. The molecule has 0 amide bonds. The van der Waals surface area contributed by atoms with Crippen molar-refractivity contribution in [2.24, 2.45) is 0 Å². The molecule has 15 heavy (non-hydrogen) atoms. The van der Waals surface area contributed by atoms with Crippen LogP contribution in [0.2, 0.25) is 0 Å². The van der Waals surface area contributed by atoms with Crippen molar-refractivity contribution in [3.63, 3.8) is 0 Å². The van der Waals surface area contributed by atoms with Crippen LogP contribution in [0.3, 0.4) is 0 Å². The molecule has 0 spiro atoms. The third-order valence-electron chi connectivity index (χ3n) is 3.01. The first-order valence-corrected chi connectivity index (χ1v) is 5.59. The van der Waals surface area contributed by atoms with Crippen LogP contribution >= 0.6 is 0 Å². The lowest BCUT2D eigenvalue weighted by molar-refractivity contribution is 0.665. The summed E-state index contributed by atoms with van der Waals surface area (Å²) in [6, 6.07) is 0. The van der Waals surface area contributed by atoms with E-state index in [-0.39, 0.29) is 5.56 Å². The highest BCUT2D eigenvalue weighted by molar-refractivity contribution is 5.45. The smallest absolute Gasteiger partial charge is 0.256 e. The quantitative estimate of drug-likeness (QED) is 0.775. The number of aromatic amines is 1. The minimum absolute atomic E-state index is 0.0301. The van der Waals surface area contributed by atoms with Gasteiger partial charge in [-0.3, -0.25) is 4.79 Å². The van der Waals surface area contributed by atoms with E-state index < -0.39 is 0 Å². The number of fused-ring (bicyclic) bond motifs is 1. The molecule has 0 aliphatic carbocycles. The molecule has 1 unspecified atom stereocenters. The molecule has 0 saturated carbocycles. The molecule has 4 nitrogen and oxygen atoms in total. The van der Waals surface area contributed by atoms with Gasteiger partial charge in [0.1, 0.15) is 11.6 Å². The third kappa shape index (κ3) is 1.89. The van der Waals surface area contributed by atoms with Crippen LogP contribution in [0.5, 0.6) is 0 Å². The molecule has 2 heterocycles. The molecule has 4 heteroatoms. The summed E-state index contributed by atoms with van der Waals surface area (Å²) < 4.78 is 0. The number of anilines is 1. The van der Waals surface area contributed by atoms with Gasteiger partial charge in [-0.25, -0.2) is 4.98 Å². The molecular formula is C11H17N3O. The second kappa shape index (κ2) is 4.04. The number of nitrogens with one attached hydrogen (secondary N) is 2. The molecule has 1 atom stereocenters. The van der Waals surface area contributed by atoms with Crippen LogP contribution in [0.15, 0.2) is 4.79 Å². The van der Waals surface area contributed by atoms with Crippen molar-refractivity contribution in [3.8, 4) is 0 Å². The van der Waals surface area contributed by atoms with E-state index in [2.05, 4.69) is 29.1 Å². The second-order valence-electron chi connectivity index (χ2n) is 4.12. The largest absolute Gasteiger partial charge is 0.370 e. The maximum Gasteiger partial charge on any atom is 0.256 e. The van der Waals surface area contributed by atoms with Gasteiger partial charge in [0.25, 0.3) is 5.56 Å². The van der Waals surface area contributed by atoms with E-state index >= 15 is 0 Å². The van der Waals surface area contributed by atoms with Crippen LogP contribution in [-0.4, -0.2) is 16.5 Å². The van der Waals surface area contributed by atoms with Crippen molar-refractivity contribution in [3.05, 3.63) is 21.7 Å². The van der Waals surface area contributed by atoms with Gasteiger partial charge in [-0.05, 0) is 19.3 Å². The highest BCUT2D eigenvalue weighted by Gasteiger charge is 2.16. The molecule has 0 fully saturated rings. The molecular weight excluding hydrogens is 190 g/mol. The second-order valence-corrected chi connectivity index (χ2v) is 4.12. The monoisotopic (exact) mass is 207 g/mol. The molecule has 0 saturated heterocycles. The highest BCUT2D eigenvalue weighted by atomic mass is 16.1. The van der Waals surface area contributed by atoms with Crippen LogP contribution in [0.1, 0.15) is 44.0 Å². The fourth-order valence-electron chi connectivity index (χ4n) is 1.79. The van der Waals surface area contributed by atoms with Crippen LogP contribution < -0.4 is 10.9 Å². The zero-order valence-electron chi connectivity index (χ0n) is 9.26. The summed E-state index contributed by atoms with van der Waals surface area (Å²) in [7, 11) is 0. The zero-order valence-corrected chi connectivity index (χ0v) is 9.26. The Morgan fingerprint density at radius 1 is 1.53 bits per heavy atom. The summed E-state index contributed by atoms with van der Waals surface area (Å²) >= 11 is 0. The maximum absolute atomic E-state index is 11.8. The number of nitrogens with zero attached hydrogens (tertiary/aromatic N) is 1. The van der Waals surface area contributed by atoms with Gasteiger partial charge < -0.3 is 10.3 Å². The molecule has 2 N–H and O–H groups in total. The molecule has 0 radical (unpaired) electrons. The topological polar surface area (TPSA) is 57.8 Å². The number of aromatic nitrogens is 2. The zero-order chi connectivity index (χ0) is 10.8. The Hall–Kier alpha value is -1.32. The van der Waals surface area contributed by atoms with E-state index in [1.807, 2.05) is 0 Å². The summed E-state index contributed by atoms with van der Waals surface area (Å²) in [6.07, 6.45) is 2.84. The summed E-state index contributed by atoms with van der Waals surface area (Å²) in [4.78, 5) is 19.1. The molecule has 0 bridgehead atoms. The van der Waals surface area contributed by atoms with Gasteiger partial charge in [-0.1, -0.05) is 13.8 Å². The van der Waals surface area contributed by atoms with Gasteiger partial charge >= 0.3 is 0 Å². The highest BCUT2D eigenvalue weighted by Crippen LogP contribution is 2.19. The Kier molecular flexibility index (Phi) is 2.75. The van der Waals surface area contributed by atoms with Crippen LogP contribution in [-0.2, 0) is 6.42 Å². The van der Waals surface area contributed by atoms with Crippen LogP contribution in [0, 0.1) is 0 Å².